The van der Waals surface area contributed by atoms with Gasteiger partial charge in [-0.1, -0.05) is 20.8 Å². The predicted octanol–water partition coefficient (Wildman–Crippen LogP) is 4.46. The number of methoxy groups -OCH3 is 1. The van der Waals surface area contributed by atoms with Crippen LogP contribution in [0.3, 0.4) is 0 Å². The summed E-state index contributed by atoms with van der Waals surface area (Å²) in [5, 5.41) is 0. The summed E-state index contributed by atoms with van der Waals surface area (Å²) >= 11 is 0. The van der Waals surface area contributed by atoms with Crippen molar-refractivity contribution in [3.05, 3.63) is 46.6 Å². The van der Waals surface area contributed by atoms with Crippen molar-refractivity contribution in [2.24, 2.45) is 12.0 Å². The van der Waals surface area contributed by atoms with Crippen molar-refractivity contribution in [3.8, 4) is 5.75 Å². The molecule has 0 spiro atoms. The van der Waals surface area contributed by atoms with Crippen LogP contribution < -0.4 is 10.2 Å². The maximum Gasteiger partial charge on any atom is 0.416 e. The second kappa shape index (κ2) is 8.77. The molecule has 2 atom stereocenters. The lowest BCUT2D eigenvalue weighted by atomic mass is 9.92. The largest absolute Gasteiger partial charge is 0.496 e. The fourth-order valence-electron chi connectivity index (χ4n) is 4.01. The highest BCUT2D eigenvalue weighted by atomic mass is 19.4. The molecule has 0 N–H and O–H groups in total. The van der Waals surface area contributed by atoms with E-state index in [9.17, 15) is 18.0 Å². The molecule has 9 heteroatoms. The molecule has 1 amide bonds. The van der Waals surface area contributed by atoms with E-state index in [0.29, 0.717) is 12.0 Å². The van der Waals surface area contributed by atoms with Gasteiger partial charge in [-0.15, -0.1) is 0 Å². The second-order valence-electron chi connectivity index (χ2n) is 9.22. The lowest BCUT2D eigenvalue weighted by Gasteiger charge is -2.22. The summed E-state index contributed by atoms with van der Waals surface area (Å²) in [4.78, 5) is 17.2. The monoisotopic (exact) mass is 453 g/mol. The van der Waals surface area contributed by atoms with Crippen molar-refractivity contribution >= 4 is 5.91 Å². The van der Waals surface area contributed by atoms with Gasteiger partial charge in [0.15, 0.2) is 5.49 Å². The molecule has 1 saturated heterocycles. The molecule has 1 unspecified atom stereocenters. The van der Waals surface area contributed by atoms with Crippen LogP contribution in [0.5, 0.6) is 5.75 Å². The zero-order chi connectivity index (χ0) is 23.8. The SMILES string of the molecule is COc1ccc(C(F)(F)F)cc1C(=O)/N=c1\cc(C(C)(C)C)n(C)n1CC1CC[C@@H](C)O1. The summed E-state index contributed by atoms with van der Waals surface area (Å²) < 4.78 is 54.4. The zero-order valence-corrected chi connectivity index (χ0v) is 19.3. The molecular weight excluding hydrogens is 423 g/mol. The lowest BCUT2D eigenvalue weighted by Crippen LogP contribution is -2.30. The highest BCUT2D eigenvalue weighted by molar-refractivity contribution is 5.97. The fraction of sp³-hybridized carbons (Fsp3) is 0.565. The molecule has 176 valence electrons. The Bertz CT molecular complexity index is 1060. The number of hydrogen-bond donors (Lipinski definition) is 0. The van der Waals surface area contributed by atoms with E-state index >= 15 is 0 Å². The van der Waals surface area contributed by atoms with Crippen LogP contribution in [0.15, 0.2) is 29.3 Å². The Morgan fingerprint density at radius 2 is 1.91 bits per heavy atom. The summed E-state index contributed by atoms with van der Waals surface area (Å²) in [6, 6.07) is 4.61. The molecule has 1 aliphatic rings. The summed E-state index contributed by atoms with van der Waals surface area (Å²) in [5.74, 6) is -0.758. The first-order valence-electron chi connectivity index (χ1n) is 10.6. The molecule has 0 aliphatic carbocycles. The minimum absolute atomic E-state index is 0.0245. The fourth-order valence-corrected chi connectivity index (χ4v) is 4.01. The van der Waals surface area contributed by atoms with Crippen LogP contribution in [-0.2, 0) is 29.9 Å². The summed E-state index contributed by atoms with van der Waals surface area (Å²) in [7, 11) is 3.19. The van der Waals surface area contributed by atoms with Gasteiger partial charge in [-0.25, -0.2) is 0 Å². The smallest absolute Gasteiger partial charge is 0.416 e. The molecule has 1 fully saturated rings. The standard InChI is InChI=1S/C23H30F3N3O3/c1-14-7-9-16(32-14)13-29-20(12-19(28(29)5)22(2,3)4)27-21(30)17-11-15(23(24,25)26)8-10-18(17)31-6/h8,10-12,14,16H,7,9,13H2,1-6H3/b27-20+/t14-,16?/m1/s1. The maximum absolute atomic E-state index is 13.2. The van der Waals surface area contributed by atoms with Crippen molar-refractivity contribution in [2.45, 2.75) is 70.9 Å². The van der Waals surface area contributed by atoms with E-state index in [1.165, 1.54) is 7.11 Å². The lowest BCUT2D eigenvalue weighted by molar-refractivity contribution is -0.137. The maximum atomic E-state index is 13.2. The third-order valence-corrected chi connectivity index (χ3v) is 5.68. The molecule has 0 bridgehead atoms. The number of alkyl halides is 3. The molecule has 1 aromatic heterocycles. The summed E-state index contributed by atoms with van der Waals surface area (Å²) in [6.45, 7) is 8.64. The minimum Gasteiger partial charge on any atom is -0.496 e. The van der Waals surface area contributed by atoms with E-state index in [0.717, 1.165) is 36.7 Å². The van der Waals surface area contributed by atoms with Gasteiger partial charge in [0.1, 0.15) is 5.75 Å². The number of aromatic nitrogens is 2. The quantitative estimate of drug-likeness (QED) is 0.687. The Hall–Kier alpha value is -2.55. The number of amides is 1. The highest BCUT2D eigenvalue weighted by Gasteiger charge is 2.32. The molecule has 6 nitrogen and oxygen atoms in total. The molecule has 0 radical (unpaired) electrons. The van der Waals surface area contributed by atoms with Crippen molar-refractivity contribution < 1.29 is 27.4 Å². The average Bonchev–Trinajstić information content (AvgIpc) is 3.24. The Labute approximate surface area is 185 Å². The van der Waals surface area contributed by atoms with Crippen molar-refractivity contribution in [1.29, 1.82) is 0 Å². The number of benzene rings is 1. The number of carbonyl (C=O) groups is 1. The predicted molar refractivity (Wildman–Crippen MR) is 114 cm³/mol. The Morgan fingerprint density at radius 1 is 1.22 bits per heavy atom. The van der Waals surface area contributed by atoms with Crippen LogP contribution in [0.2, 0.25) is 0 Å². The first kappa shape index (κ1) is 24.1. The van der Waals surface area contributed by atoms with Gasteiger partial charge < -0.3 is 9.47 Å². The third-order valence-electron chi connectivity index (χ3n) is 5.68. The summed E-state index contributed by atoms with van der Waals surface area (Å²) in [6.07, 6.45) is -2.60. The number of nitrogens with zero attached hydrogens (tertiary/aromatic N) is 3. The van der Waals surface area contributed by atoms with Gasteiger partial charge in [-0.05, 0) is 38.0 Å². The Morgan fingerprint density at radius 3 is 2.44 bits per heavy atom. The number of hydrogen-bond acceptors (Lipinski definition) is 3. The van der Waals surface area contributed by atoms with Gasteiger partial charge in [0.25, 0.3) is 5.91 Å². The average molecular weight is 454 g/mol. The number of halogens is 3. The van der Waals surface area contributed by atoms with E-state index in [2.05, 4.69) is 4.99 Å². The van der Waals surface area contributed by atoms with E-state index in [-0.39, 0.29) is 28.9 Å². The minimum atomic E-state index is -4.58. The molecular formula is C23H30F3N3O3. The van der Waals surface area contributed by atoms with Gasteiger partial charge in [0, 0.05) is 24.2 Å². The van der Waals surface area contributed by atoms with E-state index in [1.54, 1.807) is 6.07 Å². The van der Waals surface area contributed by atoms with Crippen LogP contribution in [0, 0.1) is 0 Å². The Balaban J connectivity index is 2.10. The number of ether oxygens (including phenoxy) is 2. The molecule has 0 saturated carbocycles. The van der Waals surface area contributed by atoms with E-state index in [1.807, 2.05) is 44.1 Å². The van der Waals surface area contributed by atoms with Crippen LogP contribution >= 0.6 is 0 Å². The van der Waals surface area contributed by atoms with E-state index < -0.39 is 17.6 Å². The van der Waals surface area contributed by atoms with Crippen molar-refractivity contribution in [1.82, 2.24) is 9.36 Å². The van der Waals surface area contributed by atoms with Crippen molar-refractivity contribution in [2.75, 3.05) is 7.11 Å². The van der Waals surface area contributed by atoms with Gasteiger partial charge in [-0.2, -0.15) is 18.2 Å². The highest BCUT2D eigenvalue weighted by Crippen LogP contribution is 2.33. The topological polar surface area (TPSA) is 57.8 Å². The van der Waals surface area contributed by atoms with Gasteiger partial charge in [0.2, 0.25) is 0 Å². The Kier molecular flexibility index (Phi) is 6.60. The molecule has 3 rings (SSSR count). The first-order chi connectivity index (χ1) is 14.8. The third kappa shape index (κ3) is 5.09. The van der Waals surface area contributed by atoms with Gasteiger partial charge in [-0.3, -0.25) is 14.2 Å². The number of carbonyl (C=O) groups excluding carboxylic acids is 1. The zero-order valence-electron chi connectivity index (χ0n) is 19.3. The first-order valence-corrected chi connectivity index (χ1v) is 10.6. The van der Waals surface area contributed by atoms with Gasteiger partial charge >= 0.3 is 6.18 Å². The molecule has 32 heavy (non-hydrogen) atoms. The van der Waals surface area contributed by atoms with E-state index in [4.69, 9.17) is 9.47 Å². The number of rotatable bonds is 4. The molecule has 1 aromatic carbocycles. The van der Waals surface area contributed by atoms with Crippen LogP contribution in [-0.4, -0.2) is 34.6 Å². The van der Waals surface area contributed by atoms with Crippen LogP contribution in [0.25, 0.3) is 0 Å². The molecule has 2 heterocycles. The molecule has 2 aromatic rings. The summed E-state index contributed by atoms with van der Waals surface area (Å²) in [5.41, 5.74) is -0.0937. The normalized spacial score (nSPS) is 20.1. The van der Waals surface area contributed by atoms with Crippen molar-refractivity contribution in [3.63, 3.8) is 0 Å². The van der Waals surface area contributed by atoms with Gasteiger partial charge in [0.05, 0.1) is 37.0 Å². The van der Waals surface area contributed by atoms with Crippen LogP contribution in [0.1, 0.15) is 62.2 Å². The second-order valence-corrected chi connectivity index (χ2v) is 9.22. The van der Waals surface area contributed by atoms with Crippen LogP contribution in [0.4, 0.5) is 13.2 Å². The molecule has 1 aliphatic heterocycles.